The fourth-order valence-electron chi connectivity index (χ4n) is 3.93. The van der Waals surface area contributed by atoms with Crippen LogP contribution >= 0.6 is 11.8 Å². The molecule has 1 aliphatic carbocycles. The number of hydrogen-bond acceptors (Lipinski definition) is 6. The van der Waals surface area contributed by atoms with Gasteiger partial charge in [0.05, 0.1) is 6.54 Å². The number of thioether (sulfide) groups is 1. The molecule has 0 spiro atoms. The Kier molecular flexibility index (Phi) is 13.9. The number of ether oxygens (including phenoxy) is 3. The first-order valence-electron chi connectivity index (χ1n) is 12.6. The lowest BCUT2D eigenvalue weighted by Gasteiger charge is -2.27. The second-order valence-corrected chi connectivity index (χ2v) is 9.80. The molecule has 1 aromatic carbocycles. The summed E-state index contributed by atoms with van der Waals surface area (Å²) in [5.74, 6) is 1.90. The standard InChI is InChI=1S/C26H41NO6S/c1-3-18-34-19-8-15-27(26(30)33-23-9-6-5-7-10-23)16-17-32-22-13-11-21(12-14-22)20-24(25(28)29)31-4-2/h11-14,23-24H,3-10,15-20H2,1-2H3,(H,28,29). The van der Waals surface area contributed by atoms with E-state index >= 15 is 0 Å². The van der Waals surface area contributed by atoms with Crippen LogP contribution in [0.1, 0.15) is 64.4 Å². The van der Waals surface area contributed by atoms with Gasteiger partial charge in [-0.1, -0.05) is 25.5 Å². The molecule has 1 aromatic rings. The zero-order chi connectivity index (χ0) is 24.6. The average Bonchev–Trinajstić information content (AvgIpc) is 2.84. The number of nitrogens with zero attached hydrogens (tertiary/aromatic N) is 1. The van der Waals surface area contributed by atoms with E-state index in [9.17, 15) is 14.7 Å². The van der Waals surface area contributed by atoms with E-state index in [0.717, 1.165) is 55.6 Å². The van der Waals surface area contributed by atoms with Gasteiger partial charge in [-0.15, -0.1) is 0 Å². The van der Waals surface area contributed by atoms with Crippen molar-refractivity contribution in [2.24, 2.45) is 0 Å². The van der Waals surface area contributed by atoms with Crippen LogP contribution in [0.2, 0.25) is 0 Å². The van der Waals surface area contributed by atoms with Gasteiger partial charge < -0.3 is 24.2 Å². The molecule has 0 aromatic heterocycles. The number of carbonyl (C=O) groups excluding carboxylic acids is 1. The van der Waals surface area contributed by atoms with E-state index in [-0.39, 0.29) is 12.2 Å². The topological polar surface area (TPSA) is 85.3 Å². The third kappa shape index (κ3) is 11.0. The number of benzene rings is 1. The quantitative estimate of drug-likeness (QED) is 0.307. The SMILES string of the molecule is CCCSCCCN(CCOc1ccc(CC(OCC)C(=O)O)cc1)C(=O)OC1CCCCC1. The molecular weight excluding hydrogens is 454 g/mol. The van der Waals surface area contributed by atoms with Gasteiger partial charge in [-0.05, 0) is 74.7 Å². The van der Waals surface area contributed by atoms with Crippen molar-refractivity contribution < 1.29 is 28.9 Å². The molecule has 1 amide bonds. The van der Waals surface area contributed by atoms with Crippen LogP contribution in [0.5, 0.6) is 5.75 Å². The first kappa shape index (κ1) is 28.3. The van der Waals surface area contributed by atoms with E-state index < -0.39 is 12.1 Å². The highest BCUT2D eigenvalue weighted by molar-refractivity contribution is 7.99. The van der Waals surface area contributed by atoms with Crippen LogP contribution in [0.3, 0.4) is 0 Å². The van der Waals surface area contributed by atoms with Crippen molar-refractivity contribution in [3.05, 3.63) is 29.8 Å². The maximum atomic E-state index is 12.8. The minimum Gasteiger partial charge on any atom is -0.492 e. The molecule has 1 unspecified atom stereocenters. The third-order valence-corrected chi connectivity index (χ3v) is 7.03. The van der Waals surface area contributed by atoms with Gasteiger partial charge in [-0.3, -0.25) is 0 Å². The van der Waals surface area contributed by atoms with E-state index in [2.05, 4.69) is 6.92 Å². The summed E-state index contributed by atoms with van der Waals surface area (Å²) in [5.41, 5.74) is 0.871. The van der Waals surface area contributed by atoms with Gasteiger partial charge in [-0.25, -0.2) is 9.59 Å². The zero-order valence-electron chi connectivity index (χ0n) is 20.7. The first-order valence-corrected chi connectivity index (χ1v) is 13.8. The molecule has 8 heteroatoms. The van der Waals surface area contributed by atoms with Gasteiger partial charge in [0, 0.05) is 19.6 Å². The fourth-order valence-corrected chi connectivity index (χ4v) is 4.75. The van der Waals surface area contributed by atoms with Gasteiger partial charge in [-0.2, -0.15) is 11.8 Å². The van der Waals surface area contributed by atoms with E-state index in [0.29, 0.717) is 38.5 Å². The fraction of sp³-hybridized carbons (Fsp3) is 0.692. The third-order valence-electron chi connectivity index (χ3n) is 5.76. The summed E-state index contributed by atoms with van der Waals surface area (Å²) < 4.78 is 16.9. The van der Waals surface area contributed by atoms with Crippen LogP contribution in [0.25, 0.3) is 0 Å². The Hall–Kier alpha value is -1.93. The van der Waals surface area contributed by atoms with Crippen molar-refractivity contribution in [3.63, 3.8) is 0 Å². The number of aliphatic carboxylic acids is 1. The van der Waals surface area contributed by atoms with Crippen molar-refractivity contribution in [2.45, 2.75) is 77.4 Å². The van der Waals surface area contributed by atoms with Gasteiger partial charge in [0.2, 0.25) is 0 Å². The van der Waals surface area contributed by atoms with Crippen molar-refractivity contribution in [2.75, 3.05) is 37.8 Å². The number of carbonyl (C=O) groups is 2. The lowest BCUT2D eigenvalue weighted by Crippen LogP contribution is -2.38. The highest BCUT2D eigenvalue weighted by Crippen LogP contribution is 2.21. The molecule has 0 aliphatic heterocycles. The molecule has 2 rings (SSSR count). The van der Waals surface area contributed by atoms with Crippen molar-refractivity contribution in [1.82, 2.24) is 4.90 Å². The van der Waals surface area contributed by atoms with Crippen molar-refractivity contribution in [3.8, 4) is 5.75 Å². The van der Waals surface area contributed by atoms with Crippen LogP contribution in [0.15, 0.2) is 24.3 Å². The first-order chi connectivity index (χ1) is 16.5. The summed E-state index contributed by atoms with van der Waals surface area (Å²) in [5, 5.41) is 9.25. The molecule has 0 saturated heterocycles. The monoisotopic (exact) mass is 495 g/mol. The number of carboxylic acids is 1. The highest BCUT2D eigenvalue weighted by atomic mass is 32.2. The maximum Gasteiger partial charge on any atom is 0.410 e. The number of hydrogen-bond donors (Lipinski definition) is 1. The molecule has 192 valence electrons. The number of carboxylic acid groups (broad SMARTS) is 1. The number of amides is 1. The van der Waals surface area contributed by atoms with Crippen LogP contribution in [0, 0.1) is 0 Å². The Balaban J connectivity index is 1.83. The van der Waals surface area contributed by atoms with E-state index in [1.807, 2.05) is 36.0 Å². The predicted octanol–water partition coefficient (Wildman–Crippen LogP) is 5.40. The summed E-state index contributed by atoms with van der Waals surface area (Å²) in [6.45, 7) is 5.82. The molecule has 0 heterocycles. The van der Waals surface area contributed by atoms with Crippen LogP contribution in [-0.4, -0.2) is 72.1 Å². The normalized spacial score (nSPS) is 15.0. The predicted molar refractivity (Wildman–Crippen MR) is 136 cm³/mol. The van der Waals surface area contributed by atoms with Crippen molar-refractivity contribution >= 4 is 23.8 Å². The molecule has 1 fully saturated rings. The Bertz CT molecular complexity index is 708. The molecule has 1 N–H and O–H groups in total. The minimum atomic E-state index is -0.963. The summed E-state index contributed by atoms with van der Waals surface area (Å²) >= 11 is 1.92. The molecule has 1 aliphatic rings. The number of rotatable bonds is 16. The second-order valence-electron chi connectivity index (χ2n) is 8.58. The Morgan fingerprint density at radius 3 is 2.47 bits per heavy atom. The summed E-state index contributed by atoms with van der Waals surface area (Å²) in [6.07, 6.45) is 6.75. The van der Waals surface area contributed by atoms with Gasteiger partial charge in [0.1, 0.15) is 18.5 Å². The Morgan fingerprint density at radius 2 is 1.82 bits per heavy atom. The zero-order valence-corrected chi connectivity index (χ0v) is 21.5. The van der Waals surface area contributed by atoms with Crippen LogP contribution in [-0.2, 0) is 20.7 Å². The molecular formula is C26H41NO6S. The summed E-state index contributed by atoms with van der Waals surface area (Å²) in [4.78, 5) is 25.9. The molecule has 0 radical (unpaired) electrons. The van der Waals surface area contributed by atoms with Crippen molar-refractivity contribution in [1.29, 1.82) is 0 Å². The summed E-state index contributed by atoms with van der Waals surface area (Å²) in [7, 11) is 0. The molecule has 1 saturated carbocycles. The van der Waals surface area contributed by atoms with Crippen LogP contribution < -0.4 is 4.74 Å². The molecule has 34 heavy (non-hydrogen) atoms. The Morgan fingerprint density at radius 1 is 1.09 bits per heavy atom. The lowest BCUT2D eigenvalue weighted by molar-refractivity contribution is -0.149. The minimum absolute atomic E-state index is 0.0398. The van der Waals surface area contributed by atoms with E-state index in [1.54, 1.807) is 11.8 Å². The molecule has 7 nitrogen and oxygen atoms in total. The van der Waals surface area contributed by atoms with Crippen LogP contribution in [0.4, 0.5) is 4.79 Å². The summed E-state index contributed by atoms with van der Waals surface area (Å²) in [6, 6.07) is 7.35. The van der Waals surface area contributed by atoms with E-state index in [4.69, 9.17) is 14.2 Å². The molecule has 1 atom stereocenters. The Labute approximate surface area is 208 Å². The molecule has 0 bridgehead atoms. The average molecular weight is 496 g/mol. The smallest absolute Gasteiger partial charge is 0.410 e. The van der Waals surface area contributed by atoms with Gasteiger partial charge in [0.25, 0.3) is 0 Å². The van der Waals surface area contributed by atoms with Gasteiger partial charge in [0.15, 0.2) is 6.10 Å². The van der Waals surface area contributed by atoms with Gasteiger partial charge >= 0.3 is 12.1 Å². The largest absolute Gasteiger partial charge is 0.492 e. The van der Waals surface area contributed by atoms with E-state index in [1.165, 1.54) is 6.42 Å². The maximum absolute atomic E-state index is 12.8. The second kappa shape index (κ2) is 16.7. The highest BCUT2D eigenvalue weighted by Gasteiger charge is 2.22. The lowest BCUT2D eigenvalue weighted by atomic mass is 9.98.